The van der Waals surface area contributed by atoms with Crippen LogP contribution in [0.4, 0.5) is 35.1 Å². The number of hydrogen-bond acceptors (Lipinski definition) is 5. The van der Waals surface area contributed by atoms with Crippen LogP contribution in [0.25, 0.3) is 10.4 Å². The predicted molar refractivity (Wildman–Crippen MR) is 129 cm³/mol. The molecule has 208 valence electrons. The van der Waals surface area contributed by atoms with Crippen LogP contribution in [0.15, 0.2) is 53.1 Å². The fourth-order valence-electron chi connectivity index (χ4n) is 3.08. The number of aliphatic hydroxyl groups is 1. The van der Waals surface area contributed by atoms with Crippen LogP contribution in [0, 0.1) is 0 Å². The Morgan fingerprint density at radius 2 is 1.42 bits per heavy atom. The molecule has 0 fully saturated rings. The van der Waals surface area contributed by atoms with Crippen molar-refractivity contribution in [3.8, 4) is 10.4 Å². The van der Waals surface area contributed by atoms with Gasteiger partial charge in [-0.15, -0.1) is 11.3 Å². The third-order valence-electron chi connectivity index (χ3n) is 5.13. The van der Waals surface area contributed by atoms with Crippen LogP contribution in [0.1, 0.15) is 21.7 Å². The zero-order chi connectivity index (χ0) is 28.7. The van der Waals surface area contributed by atoms with Crippen molar-refractivity contribution in [1.29, 1.82) is 0 Å². The van der Waals surface area contributed by atoms with E-state index in [2.05, 4.69) is 20.9 Å². The summed E-state index contributed by atoms with van der Waals surface area (Å²) in [5, 5.41) is 7.93. The lowest BCUT2D eigenvalue weighted by Crippen LogP contribution is -2.53. The maximum absolute atomic E-state index is 13.9. The highest BCUT2D eigenvalue weighted by Gasteiger charge is 2.73. The molecule has 0 saturated carbocycles. The summed E-state index contributed by atoms with van der Waals surface area (Å²) in [7, 11) is -5.73. The average molecular weight is 672 g/mol. The molecular formula is C21H15BrF8NO4PS2. The molecule has 0 aliphatic rings. The van der Waals surface area contributed by atoms with Crippen LogP contribution < -0.4 is 0 Å². The van der Waals surface area contributed by atoms with Crippen LogP contribution in [-0.2, 0) is 27.3 Å². The minimum atomic E-state index is -6.03. The van der Waals surface area contributed by atoms with Gasteiger partial charge < -0.3 is 14.9 Å². The predicted octanol–water partition coefficient (Wildman–Crippen LogP) is 7.55. The highest BCUT2D eigenvalue weighted by molar-refractivity contribution is 9.10. The van der Waals surface area contributed by atoms with E-state index in [1.807, 2.05) is 0 Å². The van der Waals surface area contributed by atoms with E-state index in [9.17, 15) is 44.8 Å². The van der Waals surface area contributed by atoms with Crippen molar-refractivity contribution >= 4 is 46.6 Å². The van der Waals surface area contributed by atoms with Crippen LogP contribution in [-0.4, -0.2) is 32.2 Å². The number of aromatic nitrogens is 1. The van der Waals surface area contributed by atoms with Crippen molar-refractivity contribution in [3.63, 3.8) is 0 Å². The summed E-state index contributed by atoms with van der Waals surface area (Å²) in [6.45, 7) is 0. The standard InChI is InChI=1S/C21H15BrF8NO4PS2/c22-15-7-12(3-6-14(15)19(23,24)36(33,34)35)10-37-9-11-1-4-13(5-2-11)16-8-31-17(38-16)18(32,20(25,26)27)21(28,29)30/h1-8,32H,9-10H2,(H2,33,34,35). The molecule has 0 amide bonds. The van der Waals surface area contributed by atoms with E-state index in [1.165, 1.54) is 36.0 Å². The number of nitrogens with zero attached hydrogens (tertiary/aromatic N) is 1. The molecule has 0 spiro atoms. The average Bonchev–Trinajstić information content (AvgIpc) is 3.27. The molecule has 38 heavy (non-hydrogen) atoms. The summed E-state index contributed by atoms with van der Waals surface area (Å²) in [5.74, 6) is 0.724. The number of thioether (sulfide) groups is 1. The van der Waals surface area contributed by atoms with Gasteiger partial charge in [-0.1, -0.05) is 52.3 Å². The molecule has 0 atom stereocenters. The lowest BCUT2D eigenvalue weighted by atomic mass is 10.0. The second kappa shape index (κ2) is 10.8. The van der Waals surface area contributed by atoms with Crippen molar-refractivity contribution in [3.05, 3.63) is 74.8 Å². The molecular weight excluding hydrogens is 657 g/mol. The van der Waals surface area contributed by atoms with Crippen molar-refractivity contribution in [2.45, 2.75) is 35.1 Å². The zero-order valence-electron chi connectivity index (χ0n) is 18.4. The summed E-state index contributed by atoms with van der Waals surface area (Å²) in [5.41, 5.74) is -8.74. The summed E-state index contributed by atoms with van der Waals surface area (Å²) < 4.78 is 117. The van der Waals surface area contributed by atoms with Gasteiger partial charge in [0.25, 0.3) is 0 Å². The van der Waals surface area contributed by atoms with Gasteiger partial charge in [0.2, 0.25) is 0 Å². The highest BCUT2D eigenvalue weighted by atomic mass is 79.9. The molecule has 1 aromatic heterocycles. The second-order valence-corrected chi connectivity index (χ2v) is 12.3. The van der Waals surface area contributed by atoms with Gasteiger partial charge >= 0.3 is 31.2 Å². The molecule has 0 bridgehead atoms. The molecule has 2 aromatic carbocycles. The Hall–Kier alpha value is -1.55. The van der Waals surface area contributed by atoms with E-state index in [0.717, 1.165) is 17.8 Å². The van der Waals surface area contributed by atoms with Gasteiger partial charge in [0.1, 0.15) is 5.01 Å². The monoisotopic (exact) mass is 671 g/mol. The maximum atomic E-state index is 13.9. The van der Waals surface area contributed by atoms with Gasteiger partial charge in [-0.25, -0.2) is 4.98 Å². The normalized spacial score (nSPS) is 13.7. The van der Waals surface area contributed by atoms with Gasteiger partial charge in [0, 0.05) is 27.7 Å². The summed E-state index contributed by atoms with van der Waals surface area (Å²) in [4.78, 5) is 20.9. The molecule has 17 heteroatoms. The number of rotatable bonds is 8. The fraction of sp³-hybridized carbons (Fsp3) is 0.286. The van der Waals surface area contributed by atoms with Crippen LogP contribution in [0.5, 0.6) is 0 Å². The lowest BCUT2D eigenvalue weighted by Gasteiger charge is -2.30. The van der Waals surface area contributed by atoms with Crippen molar-refractivity contribution in [2.24, 2.45) is 0 Å². The Kier molecular flexibility index (Phi) is 8.80. The van der Waals surface area contributed by atoms with E-state index in [-0.39, 0.29) is 26.3 Å². The van der Waals surface area contributed by atoms with Gasteiger partial charge in [-0.05, 0) is 22.8 Å². The maximum Gasteiger partial charge on any atom is 0.433 e. The van der Waals surface area contributed by atoms with E-state index < -0.39 is 41.8 Å². The first-order valence-electron chi connectivity index (χ1n) is 10.0. The molecule has 0 radical (unpaired) electrons. The molecule has 5 nitrogen and oxygen atoms in total. The topological polar surface area (TPSA) is 90.7 Å². The minimum absolute atomic E-state index is 0.0248. The number of alkyl halides is 8. The molecule has 3 aromatic rings. The molecule has 0 aliphatic carbocycles. The molecule has 3 N–H and O–H groups in total. The first-order valence-corrected chi connectivity index (χ1v) is 14.4. The smallest absolute Gasteiger partial charge is 0.368 e. The summed E-state index contributed by atoms with van der Waals surface area (Å²) >= 11 is 4.31. The molecule has 3 rings (SSSR count). The third kappa shape index (κ3) is 6.11. The van der Waals surface area contributed by atoms with E-state index in [0.29, 0.717) is 17.1 Å². The van der Waals surface area contributed by atoms with Gasteiger partial charge in [-0.3, -0.25) is 4.57 Å². The second-order valence-electron chi connectivity index (χ2n) is 7.82. The Bertz CT molecular complexity index is 1330. The van der Waals surface area contributed by atoms with Crippen LogP contribution in [0.2, 0.25) is 0 Å². The first kappa shape index (κ1) is 31.0. The van der Waals surface area contributed by atoms with Crippen molar-refractivity contribution < 1.29 is 54.6 Å². The number of hydrogen-bond donors (Lipinski definition) is 3. The third-order valence-corrected chi connectivity index (χ3v) is 8.99. The van der Waals surface area contributed by atoms with Crippen LogP contribution in [0.3, 0.4) is 0 Å². The Morgan fingerprint density at radius 3 is 1.92 bits per heavy atom. The fourth-order valence-corrected chi connectivity index (χ4v) is 6.41. The van der Waals surface area contributed by atoms with Crippen molar-refractivity contribution in [1.82, 2.24) is 4.98 Å². The van der Waals surface area contributed by atoms with E-state index >= 15 is 0 Å². The number of benzene rings is 2. The SMILES string of the molecule is O=P(O)(O)C(F)(F)c1ccc(CSCc2ccc(-c3cnc(C(O)(C(F)(F)F)C(F)(F)F)s3)cc2)cc1Br. The van der Waals surface area contributed by atoms with E-state index in [1.54, 1.807) is 12.1 Å². The number of thiazole rings is 1. The molecule has 1 heterocycles. The van der Waals surface area contributed by atoms with Crippen LogP contribution >= 0.6 is 46.6 Å². The largest absolute Gasteiger partial charge is 0.433 e. The van der Waals surface area contributed by atoms with Gasteiger partial charge in [-0.2, -0.15) is 46.9 Å². The van der Waals surface area contributed by atoms with E-state index in [4.69, 9.17) is 9.79 Å². The molecule has 0 saturated heterocycles. The summed E-state index contributed by atoms with van der Waals surface area (Å²) in [6.07, 6.45) is -11.3. The van der Waals surface area contributed by atoms with Gasteiger partial charge in [0.05, 0.1) is 4.88 Å². The zero-order valence-corrected chi connectivity index (χ0v) is 22.5. The Balaban J connectivity index is 1.67. The first-order chi connectivity index (χ1) is 17.3. The Labute approximate surface area is 226 Å². The summed E-state index contributed by atoms with van der Waals surface area (Å²) in [6, 6.07) is 9.60. The Morgan fingerprint density at radius 1 is 0.895 bits per heavy atom. The quantitative estimate of drug-likeness (QED) is 0.169. The molecule has 0 unspecified atom stereocenters. The number of halogens is 9. The van der Waals surface area contributed by atoms with Gasteiger partial charge in [0.15, 0.2) is 0 Å². The highest BCUT2D eigenvalue weighted by Crippen LogP contribution is 2.60. The lowest BCUT2D eigenvalue weighted by molar-refractivity contribution is -0.376. The molecule has 0 aliphatic heterocycles. The van der Waals surface area contributed by atoms with Crippen molar-refractivity contribution in [2.75, 3.05) is 0 Å². The minimum Gasteiger partial charge on any atom is -0.368 e.